The highest BCUT2D eigenvalue weighted by Crippen LogP contribution is 2.08. The predicted molar refractivity (Wildman–Crippen MR) is 79.3 cm³/mol. The molecule has 0 unspecified atom stereocenters. The fourth-order valence-electron chi connectivity index (χ4n) is 1.54. The van der Waals surface area contributed by atoms with Crippen LogP contribution in [-0.2, 0) is 4.79 Å². The van der Waals surface area contributed by atoms with Crippen molar-refractivity contribution in [2.75, 3.05) is 25.5 Å². The number of carbonyl (C=O) groups excluding carboxylic acids is 1. The highest BCUT2D eigenvalue weighted by atomic mass is 19.1. The summed E-state index contributed by atoms with van der Waals surface area (Å²) in [4.78, 5) is 15.7. The molecule has 0 aliphatic heterocycles. The van der Waals surface area contributed by atoms with Crippen LogP contribution in [-0.4, -0.2) is 32.0 Å². The maximum absolute atomic E-state index is 13.0. The molecule has 0 aliphatic rings. The fourth-order valence-corrected chi connectivity index (χ4v) is 1.54. The van der Waals surface area contributed by atoms with Crippen molar-refractivity contribution in [3.8, 4) is 0 Å². The summed E-state index contributed by atoms with van der Waals surface area (Å²) in [6.45, 7) is 2.98. The minimum Gasteiger partial charge on any atom is -0.356 e. The van der Waals surface area contributed by atoms with Gasteiger partial charge in [0, 0.05) is 19.3 Å². The van der Waals surface area contributed by atoms with Gasteiger partial charge in [0.2, 0.25) is 5.91 Å². The van der Waals surface area contributed by atoms with Crippen molar-refractivity contribution >= 4 is 17.6 Å². The molecule has 0 aromatic heterocycles. The second-order valence-electron chi connectivity index (χ2n) is 4.26. The van der Waals surface area contributed by atoms with E-state index < -0.39 is 0 Å². The largest absolute Gasteiger partial charge is 0.356 e. The summed E-state index contributed by atoms with van der Waals surface area (Å²) in [6.07, 6.45) is 2.13. The number of anilines is 1. The normalized spacial score (nSPS) is 11.1. The van der Waals surface area contributed by atoms with Crippen molar-refractivity contribution in [3.63, 3.8) is 0 Å². The lowest BCUT2D eigenvalue weighted by Crippen LogP contribution is -2.41. The molecule has 1 aromatic rings. The number of aliphatic imine (C=N–C) groups is 1. The van der Waals surface area contributed by atoms with Crippen molar-refractivity contribution in [2.45, 2.75) is 19.8 Å². The van der Waals surface area contributed by atoms with Crippen LogP contribution >= 0.6 is 0 Å². The minimum atomic E-state index is -0.382. The first-order valence-electron chi connectivity index (χ1n) is 6.65. The SMILES string of the molecule is CCCCNC(=NC)NCC(=O)Nc1cccc(F)c1. The molecule has 110 valence electrons. The van der Waals surface area contributed by atoms with Crippen LogP contribution in [0.3, 0.4) is 0 Å². The molecule has 0 fully saturated rings. The highest BCUT2D eigenvalue weighted by molar-refractivity contribution is 5.94. The van der Waals surface area contributed by atoms with Crippen LogP contribution in [0.15, 0.2) is 29.3 Å². The maximum Gasteiger partial charge on any atom is 0.243 e. The van der Waals surface area contributed by atoms with Crippen LogP contribution in [0.1, 0.15) is 19.8 Å². The molecule has 0 spiro atoms. The lowest BCUT2D eigenvalue weighted by molar-refractivity contribution is -0.115. The van der Waals surface area contributed by atoms with Gasteiger partial charge < -0.3 is 16.0 Å². The van der Waals surface area contributed by atoms with E-state index in [0.29, 0.717) is 11.6 Å². The molecule has 1 rings (SSSR count). The number of halogens is 1. The number of amides is 1. The summed E-state index contributed by atoms with van der Waals surface area (Å²) < 4.78 is 13.0. The molecule has 0 bridgehead atoms. The van der Waals surface area contributed by atoms with Crippen LogP contribution in [0, 0.1) is 5.82 Å². The van der Waals surface area contributed by atoms with Gasteiger partial charge in [0.05, 0.1) is 6.54 Å². The second kappa shape index (κ2) is 8.90. The lowest BCUT2D eigenvalue weighted by Gasteiger charge is -2.11. The van der Waals surface area contributed by atoms with E-state index in [1.807, 2.05) is 0 Å². The number of unbranched alkanes of at least 4 members (excludes halogenated alkanes) is 1. The van der Waals surface area contributed by atoms with E-state index in [4.69, 9.17) is 0 Å². The first kappa shape index (κ1) is 15.9. The Morgan fingerprint density at radius 1 is 1.35 bits per heavy atom. The first-order chi connectivity index (χ1) is 9.65. The molecular weight excluding hydrogens is 259 g/mol. The topological polar surface area (TPSA) is 65.5 Å². The van der Waals surface area contributed by atoms with Gasteiger partial charge in [-0.3, -0.25) is 9.79 Å². The molecule has 1 amide bonds. The second-order valence-corrected chi connectivity index (χ2v) is 4.26. The average molecular weight is 280 g/mol. The summed E-state index contributed by atoms with van der Waals surface area (Å²) in [7, 11) is 1.64. The van der Waals surface area contributed by atoms with Gasteiger partial charge in [-0.1, -0.05) is 19.4 Å². The zero-order valence-electron chi connectivity index (χ0n) is 11.9. The summed E-state index contributed by atoms with van der Waals surface area (Å²) >= 11 is 0. The van der Waals surface area contributed by atoms with Gasteiger partial charge in [-0.05, 0) is 24.6 Å². The Labute approximate surface area is 118 Å². The molecule has 0 saturated heterocycles. The van der Waals surface area contributed by atoms with E-state index in [2.05, 4.69) is 27.9 Å². The van der Waals surface area contributed by atoms with Gasteiger partial charge in [0.25, 0.3) is 0 Å². The summed E-state index contributed by atoms with van der Waals surface area (Å²) in [5.74, 6) is -0.0605. The third kappa shape index (κ3) is 6.17. The number of hydrogen-bond acceptors (Lipinski definition) is 2. The Morgan fingerprint density at radius 3 is 2.80 bits per heavy atom. The third-order valence-corrected chi connectivity index (χ3v) is 2.57. The molecule has 0 radical (unpaired) electrons. The fraction of sp³-hybridized carbons (Fsp3) is 0.429. The molecule has 0 saturated carbocycles. The Kier molecular flexibility index (Phi) is 7.10. The van der Waals surface area contributed by atoms with Crippen molar-refractivity contribution in [3.05, 3.63) is 30.1 Å². The smallest absolute Gasteiger partial charge is 0.243 e. The van der Waals surface area contributed by atoms with Crippen LogP contribution in [0.2, 0.25) is 0 Å². The zero-order chi connectivity index (χ0) is 14.8. The Balaban J connectivity index is 2.35. The number of hydrogen-bond donors (Lipinski definition) is 3. The van der Waals surface area contributed by atoms with Crippen LogP contribution in [0.4, 0.5) is 10.1 Å². The number of benzene rings is 1. The molecule has 1 aromatic carbocycles. The number of nitrogens with one attached hydrogen (secondary N) is 3. The molecule has 0 atom stereocenters. The molecule has 6 heteroatoms. The quantitative estimate of drug-likeness (QED) is 0.422. The van der Waals surface area contributed by atoms with E-state index >= 15 is 0 Å². The van der Waals surface area contributed by atoms with Gasteiger partial charge in [-0.2, -0.15) is 0 Å². The number of carbonyl (C=O) groups is 1. The number of rotatable bonds is 6. The lowest BCUT2D eigenvalue weighted by atomic mass is 10.3. The van der Waals surface area contributed by atoms with Crippen LogP contribution < -0.4 is 16.0 Å². The van der Waals surface area contributed by atoms with Gasteiger partial charge in [0.15, 0.2) is 5.96 Å². The predicted octanol–water partition coefficient (Wildman–Crippen LogP) is 1.73. The summed E-state index contributed by atoms with van der Waals surface area (Å²) in [6, 6.07) is 5.78. The van der Waals surface area contributed by atoms with Gasteiger partial charge in [-0.15, -0.1) is 0 Å². The van der Waals surface area contributed by atoms with E-state index in [1.165, 1.54) is 12.1 Å². The molecule has 0 heterocycles. The Hall–Kier alpha value is -2.11. The van der Waals surface area contributed by atoms with Crippen LogP contribution in [0.25, 0.3) is 0 Å². The Morgan fingerprint density at radius 2 is 2.15 bits per heavy atom. The third-order valence-electron chi connectivity index (χ3n) is 2.57. The summed E-state index contributed by atoms with van der Waals surface area (Å²) in [5.41, 5.74) is 0.436. The first-order valence-corrected chi connectivity index (χ1v) is 6.65. The van der Waals surface area contributed by atoms with E-state index in [0.717, 1.165) is 19.4 Å². The van der Waals surface area contributed by atoms with E-state index in [1.54, 1.807) is 19.2 Å². The summed E-state index contributed by atoms with van der Waals surface area (Å²) in [5, 5.41) is 8.60. The molecule has 3 N–H and O–H groups in total. The molecular formula is C14H21FN4O. The van der Waals surface area contributed by atoms with Crippen molar-refractivity contribution in [2.24, 2.45) is 4.99 Å². The molecule has 20 heavy (non-hydrogen) atoms. The van der Waals surface area contributed by atoms with Gasteiger partial charge in [-0.25, -0.2) is 4.39 Å². The van der Waals surface area contributed by atoms with Crippen molar-refractivity contribution in [1.82, 2.24) is 10.6 Å². The maximum atomic E-state index is 13.0. The van der Waals surface area contributed by atoms with E-state index in [9.17, 15) is 9.18 Å². The van der Waals surface area contributed by atoms with Crippen LogP contribution in [0.5, 0.6) is 0 Å². The number of guanidine groups is 1. The molecule has 5 nitrogen and oxygen atoms in total. The standard InChI is InChI=1S/C14H21FN4O/c1-3-4-8-17-14(16-2)18-10-13(20)19-12-7-5-6-11(15)9-12/h5-7,9H,3-4,8,10H2,1-2H3,(H,19,20)(H2,16,17,18). The zero-order valence-corrected chi connectivity index (χ0v) is 11.9. The van der Waals surface area contributed by atoms with Gasteiger partial charge in [0.1, 0.15) is 5.82 Å². The minimum absolute atomic E-state index is 0.0717. The van der Waals surface area contributed by atoms with Crippen molar-refractivity contribution in [1.29, 1.82) is 0 Å². The van der Waals surface area contributed by atoms with E-state index in [-0.39, 0.29) is 18.3 Å². The highest BCUT2D eigenvalue weighted by Gasteiger charge is 2.04. The Bertz CT molecular complexity index is 462. The monoisotopic (exact) mass is 280 g/mol. The molecule has 0 aliphatic carbocycles. The average Bonchev–Trinajstić information content (AvgIpc) is 2.42. The number of nitrogens with zero attached hydrogens (tertiary/aromatic N) is 1. The van der Waals surface area contributed by atoms with Gasteiger partial charge >= 0.3 is 0 Å². The van der Waals surface area contributed by atoms with Crippen molar-refractivity contribution < 1.29 is 9.18 Å².